The highest BCUT2D eigenvalue weighted by Gasteiger charge is 2.35. The van der Waals surface area contributed by atoms with E-state index >= 15 is 0 Å². The SMILES string of the molecule is COCC(C)(CC(=O)O)NC(=O)C1CCCN(C(=O)N2CCCC2)C1. The molecule has 0 aromatic rings. The Morgan fingerprint density at radius 2 is 1.80 bits per heavy atom. The number of carboxylic acid groups (broad SMARTS) is 1. The molecule has 0 aromatic carbocycles. The van der Waals surface area contributed by atoms with E-state index < -0.39 is 11.5 Å². The van der Waals surface area contributed by atoms with E-state index in [1.54, 1.807) is 11.8 Å². The van der Waals surface area contributed by atoms with Gasteiger partial charge in [-0.2, -0.15) is 0 Å². The lowest BCUT2D eigenvalue weighted by atomic mass is 9.93. The van der Waals surface area contributed by atoms with Crippen LogP contribution in [0.15, 0.2) is 0 Å². The number of rotatable bonds is 6. The smallest absolute Gasteiger partial charge is 0.320 e. The molecule has 2 rings (SSSR count). The Labute approximate surface area is 148 Å². The number of amides is 3. The second-order valence-electron chi connectivity index (χ2n) is 7.32. The van der Waals surface area contributed by atoms with Crippen molar-refractivity contribution >= 4 is 17.9 Å². The first-order valence-corrected chi connectivity index (χ1v) is 8.91. The molecule has 142 valence electrons. The van der Waals surface area contributed by atoms with Crippen molar-refractivity contribution in [2.75, 3.05) is 39.9 Å². The summed E-state index contributed by atoms with van der Waals surface area (Å²) in [4.78, 5) is 39.8. The largest absolute Gasteiger partial charge is 0.481 e. The van der Waals surface area contributed by atoms with Crippen LogP contribution in [0.5, 0.6) is 0 Å². The molecule has 2 N–H and O–H groups in total. The quantitative estimate of drug-likeness (QED) is 0.738. The summed E-state index contributed by atoms with van der Waals surface area (Å²) in [5.41, 5.74) is -0.959. The number of likely N-dealkylation sites (tertiary alicyclic amines) is 2. The maximum absolute atomic E-state index is 12.6. The van der Waals surface area contributed by atoms with Crippen molar-refractivity contribution in [3.8, 4) is 0 Å². The molecule has 0 aliphatic carbocycles. The summed E-state index contributed by atoms with van der Waals surface area (Å²) < 4.78 is 5.07. The van der Waals surface area contributed by atoms with Gasteiger partial charge < -0.3 is 25.0 Å². The molecular weight excluding hydrogens is 326 g/mol. The third-order valence-electron chi connectivity index (χ3n) is 4.87. The molecule has 25 heavy (non-hydrogen) atoms. The maximum atomic E-state index is 12.6. The van der Waals surface area contributed by atoms with Crippen LogP contribution in [0.1, 0.15) is 39.0 Å². The zero-order valence-electron chi connectivity index (χ0n) is 15.1. The number of carboxylic acids is 1. The molecule has 2 aliphatic heterocycles. The Kier molecular flexibility index (Phi) is 6.64. The van der Waals surface area contributed by atoms with Gasteiger partial charge >= 0.3 is 12.0 Å². The average molecular weight is 355 g/mol. The highest BCUT2D eigenvalue weighted by molar-refractivity contribution is 5.82. The van der Waals surface area contributed by atoms with Crippen LogP contribution in [0.25, 0.3) is 0 Å². The van der Waals surface area contributed by atoms with Gasteiger partial charge in [0.05, 0.1) is 24.5 Å². The fourth-order valence-electron chi connectivity index (χ4n) is 3.66. The summed E-state index contributed by atoms with van der Waals surface area (Å²) in [6, 6.07) is 0.0141. The molecule has 3 amide bonds. The number of aliphatic carboxylic acids is 1. The first kappa shape index (κ1) is 19.5. The molecule has 0 spiro atoms. The minimum atomic E-state index is -0.991. The summed E-state index contributed by atoms with van der Waals surface area (Å²) in [5, 5.41) is 11.9. The number of carbonyl (C=O) groups excluding carboxylic acids is 2. The summed E-state index contributed by atoms with van der Waals surface area (Å²) in [6.45, 7) is 4.42. The summed E-state index contributed by atoms with van der Waals surface area (Å²) in [6.07, 6.45) is 3.33. The van der Waals surface area contributed by atoms with Crippen molar-refractivity contribution in [1.29, 1.82) is 0 Å². The van der Waals surface area contributed by atoms with Crippen LogP contribution in [-0.2, 0) is 14.3 Å². The number of ether oxygens (including phenoxy) is 1. The lowest BCUT2D eigenvalue weighted by Crippen LogP contribution is -2.55. The van der Waals surface area contributed by atoms with Gasteiger partial charge in [-0.1, -0.05) is 0 Å². The predicted molar refractivity (Wildman–Crippen MR) is 91.2 cm³/mol. The van der Waals surface area contributed by atoms with Gasteiger partial charge in [0, 0.05) is 33.3 Å². The van der Waals surface area contributed by atoms with E-state index in [1.165, 1.54) is 7.11 Å². The molecule has 2 heterocycles. The first-order valence-electron chi connectivity index (χ1n) is 8.91. The normalized spacial score (nSPS) is 23.2. The number of urea groups is 1. The average Bonchev–Trinajstić information content (AvgIpc) is 3.07. The Morgan fingerprint density at radius 1 is 1.16 bits per heavy atom. The van der Waals surface area contributed by atoms with Crippen LogP contribution in [0.4, 0.5) is 4.79 Å². The third-order valence-corrected chi connectivity index (χ3v) is 4.87. The highest BCUT2D eigenvalue weighted by Crippen LogP contribution is 2.21. The van der Waals surface area contributed by atoms with Crippen molar-refractivity contribution in [3.05, 3.63) is 0 Å². The molecule has 0 saturated carbocycles. The lowest BCUT2D eigenvalue weighted by Gasteiger charge is -2.36. The topological polar surface area (TPSA) is 99.2 Å². The van der Waals surface area contributed by atoms with E-state index in [-0.39, 0.29) is 30.9 Å². The van der Waals surface area contributed by atoms with Gasteiger partial charge in [-0.15, -0.1) is 0 Å². The Balaban J connectivity index is 1.95. The summed E-state index contributed by atoms with van der Waals surface area (Å²) in [5.74, 6) is -1.51. The third kappa shape index (κ3) is 5.32. The fraction of sp³-hybridized carbons (Fsp3) is 0.824. The lowest BCUT2D eigenvalue weighted by molar-refractivity contribution is -0.140. The molecular formula is C17H29N3O5. The fourth-order valence-corrected chi connectivity index (χ4v) is 3.66. The molecule has 2 saturated heterocycles. The minimum Gasteiger partial charge on any atom is -0.481 e. The van der Waals surface area contributed by atoms with Gasteiger partial charge in [-0.05, 0) is 32.6 Å². The molecule has 0 bridgehead atoms. The van der Waals surface area contributed by atoms with E-state index in [9.17, 15) is 14.4 Å². The number of nitrogens with zero attached hydrogens (tertiary/aromatic N) is 2. The van der Waals surface area contributed by atoms with Crippen molar-refractivity contribution in [3.63, 3.8) is 0 Å². The minimum absolute atomic E-state index is 0.0141. The van der Waals surface area contributed by atoms with Crippen LogP contribution in [0, 0.1) is 5.92 Å². The number of piperidine rings is 1. The molecule has 2 unspecified atom stereocenters. The second-order valence-corrected chi connectivity index (χ2v) is 7.32. The Hall–Kier alpha value is -1.83. The van der Waals surface area contributed by atoms with Crippen LogP contribution in [0.2, 0.25) is 0 Å². The van der Waals surface area contributed by atoms with Crippen LogP contribution >= 0.6 is 0 Å². The molecule has 0 radical (unpaired) electrons. The molecule has 0 aromatic heterocycles. The van der Waals surface area contributed by atoms with E-state index in [0.717, 1.165) is 32.4 Å². The van der Waals surface area contributed by atoms with E-state index in [2.05, 4.69) is 5.32 Å². The monoisotopic (exact) mass is 355 g/mol. The predicted octanol–water partition coefficient (Wildman–Crippen LogP) is 0.910. The van der Waals surface area contributed by atoms with Crippen molar-refractivity contribution in [2.24, 2.45) is 5.92 Å². The zero-order chi connectivity index (χ0) is 18.4. The first-order chi connectivity index (χ1) is 11.8. The maximum Gasteiger partial charge on any atom is 0.320 e. The summed E-state index contributed by atoms with van der Waals surface area (Å²) >= 11 is 0. The second kappa shape index (κ2) is 8.51. The molecule has 2 aliphatic rings. The van der Waals surface area contributed by atoms with E-state index in [1.807, 2.05) is 4.90 Å². The van der Waals surface area contributed by atoms with Gasteiger partial charge in [-0.3, -0.25) is 9.59 Å². The van der Waals surface area contributed by atoms with Gasteiger partial charge in [0.1, 0.15) is 0 Å². The van der Waals surface area contributed by atoms with Crippen molar-refractivity contribution in [2.45, 2.75) is 44.6 Å². The van der Waals surface area contributed by atoms with Gasteiger partial charge in [0.2, 0.25) is 5.91 Å². The van der Waals surface area contributed by atoms with Crippen LogP contribution < -0.4 is 5.32 Å². The molecule has 2 fully saturated rings. The number of hydrogen-bond acceptors (Lipinski definition) is 4. The number of carbonyl (C=O) groups is 3. The van der Waals surface area contributed by atoms with Gasteiger partial charge in [-0.25, -0.2) is 4.79 Å². The van der Waals surface area contributed by atoms with Crippen molar-refractivity contribution < 1.29 is 24.2 Å². The zero-order valence-corrected chi connectivity index (χ0v) is 15.1. The number of nitrogens with one attached hydrogen (secondary N) is 1. The Bertz CT molecular complexity index is 507. The van der Waals surface area contributed by atoms with E-state index in [4.69, 9.17) is 9.84 Å². The summed E-state index contributed by atoms with van der Waals surface area (Å²) in [7, 11) is 1.48. The van der Waals surface area contributed by atoms with Crippen molar-refractivity contribution in [1.82, 2.24) is 15.1 Å². The molecule has 8 nitrogen and oxygen atoms in total. The Morgan fingerprint density at radius 3 is 2.40 bits per heavy atom. The standard InChI is InChI=1S/C17H29N3O5/c1-17(12-25-2,10-14(21)22)18-15(23)13-6-5-9-20(11-13)16(24)19-7-3-4-8-19/h13H,3-12H2,1-2H3,(H,18,23)(H,21,22). The number of methoxy groups -OCH3 is 1. The van der Waals surface area contributed by atoms with Crippen LogP contribution in [0.3, 0.4) is 0 Å². The van der Waals surface area contributed by atoms with Gasteiger partial charge in [0.25, 0.3) is 0 Å². The van der Waals surface area contributed by atoms with Crippen LogP contribution in [-0.4, -0.2) is 78.2 Å². The number of hydrogen-bond donors (Lipinski definition) is 2. The molecule has 2 atom stereocenters. The van der Waals surface area contributed by atoms with E-state index in [0.29, 0.717) is 19.5 Å². The molecule has 8 heteroatoms. The van der Waals surface area contributed by atoms with Gasteiger partial charge in [0.15, 0.2) is 0 Å². The highest BCUT2D eigenvalue weighted by atomic mass is 16.5.